The minimum atomic E-state index is -0.137. The predicted molar refractivity (Wildman–Crippen MR) is 123 cm³/mol. The first-order valence-electron chi connectivity index (χ1n) is 8.64. The fraction of sp³-hybridized carbons (Fsp3) is 0.300. The summed E-state index contributed by atoms with van der Waals surface area (Å²) < 4.78 is 0.972. The summed E-state index contributed by atoms with van der Waals surface area (Å²) in [5.74, 6) is -0.137. The highest BCUT2D eigenvalue weighted by Gasteiger charge is 2.23. The largest absolute Gasteiger partial charge is 0.309 e. The average molecular weight is 459 g/mol. The van der Waals surface area contributed by atoms with Gasteiger partial charge in [-0.25, -0.2) is 4.98 Å². The van der Waals surface area contributed by atoms with Crippen LogP contribution in [0.3, 0.4) is 0 Å². The van der Waals surface area contributed by atoms with Gasteiger partial charge in [-0.3, -0.25) is 9.69 Å². The van der Waals surface area contributed by atoms with Crippen molar-refractivity contribution in [3.63, 3.8) is 0 Å². The SMILES string of the molecule is Cc1cc(Cl)cc2sc(N(CCCN(C)C)C(=O)c3ccccc3Cl)nc12.Cl. The highest BCUT2D eigenvalue weighted by atomic mass is 35.5. The zero-order valence-electron chi connectivity index (χ0n) is 15.9. The van der Waals surface area contributed by atoms with Gasteiger partial charge in [-0.05, 0) is 63.8 Å². The van der Waals surface area contributed by atoms with E-state index in [2.05, 4.69) is 4.90 Å². The van der Waals surface area contributed by atoms with Crippen molar-refractivity contribution in [1.29, 1.82) is 0 Å². The van der Waals surface area contributed by atoms with E-state index < -0.39 is 0 Å². The maximum absolute atomic E-state index is 13.2. The fourth-order valence-electron chi connectivity index (χ4n) is 2.87. The molecular formula is C20H22Cl3N3OS. The summed E-state index contributed by atoms with van der Waals surface area (Å²) in [7, 11) is 4.03. The molecule has 0 aliphatic heterocycles. The Hall–Kier alpha value is -1.37. The van der Waals surface area contributed by atoms with Crippen LogP contribution in [-0.2, 0) is 0 Å². The van der Waals surface area contributed by atoms with Crippen molar-refractivity contribution in [2.24, 2.45) is 0 Å². The summed E-state index contributed by atoms with van der Waals surface area (Å²) in [6.07, 6.45) is 0.832. The number of thiazole rings is 1. The molecule has 0 fully saturated rings. The third kappa shape index (κ3) is 5.16. The summed E-state index contributed by atoms with van der Waals surface area (Å²) in [5.41, 5.74) is 2.36. The van der Waals surface area contributed by atoms with Crippen molar-refractivity contribution in [3.8, 4) is 0 Å². The molecule has 0 aliphatic rings. The smallest absolute Gasteiger partial charge is 0.261 e. The Morgan fingerprint density at radius 2 is 1.86 bits per heavy atom. The summed E-state index contributed by atoms with van der Waals surface area (Å²) in [5, 5.41) is 1.78. The van der Waals surface area contributed by atoms with Gasteiger partial charge in [0.05, 0.1) is 20.8 Å². The molecule has 0 spiro atoms. The molecule has 3 rings (SSSR count). The summed E-state index contributed by atoms with van der Waals surface area (Å²) in [6.45, 7) is 3.42. The lowest BCUT2D eigenvalue weighted by atomic mass is 10.2. The van der Waals surface area contributed by atoms with E-state index in [4.69, 9.17) is 28.2 Å². The Morgan fingerprint density at radius 3 is 2.54 bits per heavy atom. The van der Waals surface area contributed by atoms with Crippen LogP contribution in [0.25, 0.3) is 10.2 Å². The zero-order valence-corrected chi connectivity index (χ0v) is 19.1. The van der Waals surface area contributed by atoms with Crippen LogP contribution in [0.2, 0.25) is 10.0 Å². The highest BCUT2D eigenvalue weighted by molar-refractivity contribution is 7.22. The first-order valence-corrected chi connectivity index (χ1v) is 10.2. The number of aromatic nitrogens is 1. The molecule has 0 saturated heterocycles. The molecule has 0 atom stereocenters. The van der Waals surface area contributed by atoms with Gasteiger partial charge >= 0.3 is 0 Å². The Morgan fingerprint density at radius 1 is 1.14 bits per heavy atom. The number of aryl methyl sites for hydroxylation is 1. The van der Waals surface area contributed by atoms with Crippen LogP contribution in [-0.4, -0.2) is 43.0 Å². The molecule has 0 unspecified atom stereocenters. The number of amides is 1. The number of carbonyl (C=O) groups is 1. The van der Waals surface area contributed by atoms with Gasteiger partial charge in [-0.2, -0.15) is 0 Å². The number of hydrogen-bond donors (Lipinski definition) is 0. The second kappa shape index (κ2) is 9.90. The van der Waals surface area contributed by atoms with E-state index in [-0.39, 0.29) is 18.3 Å². The van der Waals surface area contributed by atoms with Crippen LogP contribution >= 0.6 is 46.9 Å². The van der Waals surface area contributed by atoms with Crippen LogP contribution < -0.4 is 4.90 Å². The number of carbonyl (C=O) groups excluding carboxylic acids is 1. The number of rotatable bonds is 6. The van der Waals surface area contributed by atoms with Gasteiger partial charge in [0.2, 0.25) is 0 Å². The summed E-state index contributed by atoms with van der Waals surface area (Å²) in [6, 6.07) is 10.9. The number of nitrogens with zero attached hydrogens (tertiary/aromatic N) is 3. The average Bonchev–Trinajstić information content (AvgIpc) is 3.02. The molecule has 2 aromatic carbocycles. The zero-order chi connectivity index (χ0) is 19.6. The van der Waals surface area contributed by atoms with Crippen LogP contribution in [0, 0.1) is 6.92 Å². The molecule has 3 aromatic rings. The molecule has 150 valence electrons. The molecule has 0 N–H and O–H groups in total. The fourth-order valence-corrected chi connectivity index (χ4v) is 4.53. The van der Waals surface area contributed by atoms with Crippen molar-refractivity contribution in [2.45, 2.75) is 13.3 Å². The van der Waals surface area contributed by atoms with Crippen molar-refractivity contribution >= 4 is 68.2 Å². The third-order valence-electron chi connectivity index (χ3n) is 4.21. The lowest BCUT2D eigenvalue weighted by molar-refractivity contribution is 0.0986. The van der Waals surface area contributed by atoms with Gasteiger partial charge in [0, 0.05) is 11.6 Å². The van der Waals surface area contributed by atoms with Crippen LogP contribution in [0.4, 0.5) is 5.13 Å². The molecule has 1 aromatic heterocycles. The summed E-state index contributed by atoms with van der Waals surface area (Å²) in [4.78, 5) is 21.8. The maximum Gasteiger partial charge on any atom is 0.261 e. The second-order valence-electron chi connectivity index (χ2n) is 6.66. The van der Waals surface area contributed by atoms with E-state index in [0.717, 1.165) is 28.7 Å². The minimum Gasteiger partial charge on any atom is -0.309 e. The molecule has 1 heterocycles. The lowest BCUT2D eigenvalue weighted by Gasteiger charge is -2.21. The number of anilines is 1. The van der Waals surface area contributed by atoms with Crippen molar-refractivity contribution in [1.82, 2.24) is 9.88 Å². The monoisotopic (exact) mass is 457 g/mol. The van der Waals surface area contributed by atoms with E-state index >= 15 is 0 Å². The number of hydrogen-bond acceptors (Lipinski definition) is 4. The predicted octanol–water partition coefficient (Wildman–Crippen LogP) is 5.93. The Labute approximate surface area is 185 Å². The molecule has 0 bridgehead atoms. The van der Waals surface area contributed by atoms with E-state index in [9.17, 15) is 4.79 Å². The minimum absolute atomic E-state index is 0. The van der Waals surface area contributed by atoms with Crippen LogP contribution in [0.5, 0.6) is 0 Å². The molecule has 4 nitrogen and oxygen atoms in total. The molecule has 8 heteroatoms. The number of halogens is 3. The molecular weight excluding hydrogens is 437 g/mol. The Balaban J connectivity index is 0.00000280. The quantitative estimate of drug-likeness (QED) is 0.459. The van der Waals surface area contributed by atoms with Crippen LogP contribution in [0.15, 0.2) is 36.4 Å². The van der Waals surface area contributed by atoms with Gasteiger partial charge in [-0.15, -0.1) is 12.4 Å². The highest BCUT2D eigenvalue weighted by Crippen LogP contribution is 2.34. The number of fused-ring (bicyclic) bond motifs is 1. The van der Waals surface area contributed by atoms with Crippen LogP contribution in [0.1, 0.15) is 22.3 Å². The van der Waals surface area contributed by atoms with Gasteiger partial charge in [0.25, 0.3) is 5.91 Å². The van der Waals surface area contributed by atoms with E-state index in [0.29, 0.717) is 27.3 Å². The Bertz CT molecular complexity index is 974. The molecule has 0 radical (unpaired) electrons. The standard InChI is InChI=1S/C20H21Cl2N3OS.ClH/c1-13-11-14(21)12-17-18(13)23-20(27-17)25(10-6-9-24(2)3)19(26)15-7-4-5-8-16(15)22;/h4-5,7-8,11-12H,6,9-10H2,1-3H3;1H. The molecule has 0 aliphatic carbocycles. The number of benzene rings is 2. The maximum atomic E-state index is 13.2. The van der Waals surface area contributed by atoms with Crippen molar-refractivity contribution in [3.05, 3.63) is 57.6 Å². The van der Waals surface area contributed by atoms with Crippen molar-refractivity contribution < 1.29 is 4.79 Å². The lowest BCUT2D eigenvalue weighted by Crippen LogP contribution is -2.33. The normalized spacial score (nSPS) is 10.9. The van der Waals surface area contributed by atoms with E-state index in [1.54, 1.807) is 17.0 Å². The summed E-state index contributed by atoms with van der Waals surface area (Å²) >= 11 is 13.9. The first kappa shape index (κ1) is 22.9. The third-order valence-corrected chi connectivity index (χ3v) is 5.78. The molecule has 28 heavy (non-hydrogen) atoms. The molecule has 1 amide bonds. The second-order valence-corrected chi connectivity index (χ2v) is 8.51. The van der Waals surface area contributed by atoms with Crippen molar-refractivity contribution in [2.75, 3.05) is 32.1 Å². The first-order chi connectivity index (χ1) is 12.9. The topological polar surface area (TPSA) is 36.4 Å². The Kier molecular flexibility index (Phi) is 8.10. The van der Waals surface area contributed by atoms with E-state index in [1.165, 1.54) is 11.3 Å². The van der Waals surface area contributed by atoms with Gasteiger partial charge in [0.15, 0.2) is 5.13 Å². The van der Waals surface area contributed by atoms with E-state index in [1.807, 2.05) is 45.3 Å². The van der Waals surface area contributed by atoms with Gasteiger partial charge in [0.1, 0.15) is 0 Å². The van der Waals surface area contributed by atoms with Gasteiger partial charge in [-0.1, -0.05) is 46.7 Å². The molecule has 0 saturated carbocycles. The van der Waals surface area contributed by atoms with Gasteiger partial charge < -0.3 is 4.90 Å².